The van der Waals surface area contributed by atoms with Gasteiger partial charge in [-0.1, -0.05) is 12.1 Å². The van der Waals surface area contributed by atoms with Gasteiger partial charge in [0.05, 0.1) is 5.56 Å². The average Bonchev–Trinajstić information content (AvgIpc) is 2.46. The third-order valence-corrected chi connectivity index (χ3v) is 4.19. The maximum atomic E-state index is 11.6. The normalized spacial score (nSPS) is 11.3. The molecule has 0 fully saturated rings. The third-order valence-electron chi connectivity index (χ3n) is 3.28. The summed E-state index contributed by atoms with van der Waals surface area (Å²) in [4.78, 5) is 22.8. The van der Waals surface area contributed by atoms with Crippen molar-refractivity contribution in [3.63, 3.8) is 0 Å². The van der Waals surface area contributed by atoms with Gasteiger partial charge < -0.3 is 0 Å². The monoisotopic (exact) mass is 334 g/mol. The number of aromatic nitrogens is 1. The van der Waals surface area contributed by atoms with E-state index in [4.69, 9.17) is 0 Å². The van der Waals surface area contributed by atoms with Crippen molar-refractivity contribution in [2.45, 2.75) is 25.3 Å². The van der Waals surface area contributed by atoms with Gasteiger partial charge in [-0.25, -0.2) is 0 Å². The zero-order valence-electron chi connectivity index (χ0n) is 12.7. The average molecular weight is 334 g/mol. The summed E-state index contributed by atoms with van der Waals surface area (Å²) in [6.07, 6.45) is 1.55. The summed E-state index contributed by atoms with van der Waals surface area (Å²) in [5.74, 6) is -0.318. The van der Waals surface area contributed by atoms with Crippen LogP contribution >= 0.6 is 0 Å². The van der Waals surface area contributed by atoms with E-state index in [1.807, 2.05) is 0 Å². The van der Waals surface area contributed by atoms with E-state index in [9.17, 15) is 22.6 Å². The van der Waals surface area contributed by atoms with Gasteiger partial charge >= 0.3 is 0 Å². The smallest absolute Gasteiger partial charge is 0.295 e. The van der Waals surface area contributed by atoms with Crippen molar-refractivity contribution < 1.29 is 27.1 Å². The van der Waals surface area contributed by atoms with Crippen LogP contribution in [0.5, 0.6) is 0 Å². The SMILES string of the molecule is CC(=O)C[n+]1ccc(C(C)=O)cc1-c1ccccc1S(=O)(=O)O. The maximum absolute atomic E-state index is 11.6. The van der Waals surface area contributed by atoms with E-state index in [1.165, 1.54) is 38.1 Å². The number of hydrogen-bond donors (Lipinski definition) is 1. The molecule has 0 radical (unpaired) electrons. The van der Waals surface area contributed by atoms with Crippen LogP contribution in [0.25, 0.3) is 11.3 Å². The lowest BCUT2D eigenvalue weighted by molar-refractivity contribution is -0.673. The van der Waals surface area contributed by atoms with E-state index in [1.54, 1.807) is 22.9 Å². The maximum Gasteiger partial charge on any atom is 0.295 e. The molecule has 2 rings (SSSR count). The van der Waals surface area contributed by atoms with E-state index >= 15 is 0 Å². The minimum atomic E-state index is -4.44. The van der Waals surface area contributed by atoms with Crippen LogP contribution in [-0.4, -0.2) is 24.5 Å². The Hall–Kier alpha value is -2.38. The van der Waals surface area contributed by atoms with Gasteiger partial charge in [-0.2, -0.15) is 13.0 Å². The third kappa shape index (κ3) is 3.88. The molecule has 1 aromatic heterocycles. The Morgan fingerprint density at radius 3 is 2.35 bits per heavy atom. The molecule has 6 nitrogen and oxygen atoms in total. The number of pyridine rings is 1. The second-order valence-electron chi connectivity index (χ2n) is 5.16. The van der Waals surface area contributed by atoms with Crippen LogP contribution < -0.4 is 4.57 Å². The van der Waals surface area contributed by atoms with Gasteiger partial charge in [0.15, 0.2) is 17.8 Å². The van der Waals surface area contributed by atoms with Crippen molar-refractivity contribution in [2.75, 3.05) is 0 Å². The Labute approximate surface area is 134 Å². The molecule has 0 spiro atoms. The molecular formula is C16H16NO5S+. The second-order valence-corrected chi connectivity index (χ2v) is 6.55. The molecule has 1 N–H and O–H groups in total. The summed E-state index contributed by atoms with van der Waals surface area (Å²) in [5.41, 5.74) is 0.963. The zero-order chi connectivity index (χ0) is 17.2. The summed E-state index contributed by atoms with van der Waals surface area (Å²) in [6, 6.07) is 8.95. The second kappa shape index (κ2) is 6.39. The molecule has 2 aromatic rings. The molecule has 7 heteroatoms. The molecule has 0 amide bonds. The first-order valence-electron chi connectivity index (χ1n) is 6.81. The lowest BCUT2D eigenvalue weighted by Crippen LogP contribution is -2.39. The number of rotatable bonds is 5. The van der Waals surface area contributed by atoms with Gasteiger partial charge in [-0.3, -0.25) is 14.1 Å². The highest BCUT2D eigenvalue weighted by atomic mass is 32.2. The molecule has 0 unspecified atom stereocenters. The van der Waals surface area contributed by atoms with E-state index in [2.05, 4.69) is 0 Å². The number of benzene rings is 1. The van der Waals surface area contributed by atoms with Crippen LogP contribution in [0.4, 0.5) is 0 Å². The van der Waals surface area contributed by atoms with Gasteiger partial charge in [-0.15, -0.1) is 0 Å². The summed E-state index contributed by atoms with van der Waals surface area (Å²) in [6.45, 7) is 2.82. The summed E-state index contributed by atoms with van der Waals surface area (Å²) < 4.78 is 34.1. The fourth-order valence-corrected chi connectivity index (χ4v) is 2.96. The van der Waals surface area contributed by atoms with Crippen molar-refractivity contribution in [1.29, 1.82) is 0 Å². The van der Waals surface area contributed by atoms with Crippen LogP contribution in [-0.2, 0) is 21.5 Å². The molecular weight excluding hydrogens is 318 g/mol. The molecule has 0 aliphatic carbocycles. The standard InChI is InChI=1S/C16H15NO5S/c1-11(18)10-17-8-7-13(12(2)19)9-15(17)14-5-3-4-6-16(14)23(20,21)22/h3-9H,10H2,1-2H3/p+1. The Morgan fingerprint density at radius 1 is 1.13 bits per heavy atom. The topological polar surface area (TPSA) is 92.4 Å². The first-order valence-corrected chi connectivity index (χ1v) is 8.25. The van der Waals surface area contributed by atoms with Crippen molar-refractivity contribution in [3.05, 3.63) is 48.2 Å². The van der Waals surface area contributed by atoms with Crippen LogP contribution in [0.3, 0.4) is 0 Å². The van der Waals surface area contributed by atoms with Gasteiger partial charge in [0, 0.05) is 24.6 Å². The Morgan fingerprint density at radius 2 is 1.78 bits per heavy atom. The number of carbonyl (C=O) groups excluding carboxylic acids is 2. The quantitative estimate of drug-likeness (QED) is 0.510. The molecule has 0 aliphatic rings. The van der Waals surface area contributed by atoms with Gasteiger partial charge in [0.2, 0.25) is 12.2 Å². The highest BCUT2D eigenvalue weighted by molar-refractivity contribution is 7.86. The summed E-state index contributed by atoms with van der Waals surface area (Å²) in [7, 11) is -4.44. The fourth-order valence-electron chi connectivity index (χ4n) is 2.26. The van der Waals surface area contributed by atoms with Crippen LogP contribution in [0.2, 0.25) is 0 Å². The highest BCUT2D eigenvalue weighted by Gasteiger charge is 2.24. The predicted molar refractivity (Wildman–Crippen MR) is 82.6 cm³/mol. The molecule has 0 saturated heterocycles. The number of ketones is 2. The molecule has 1 aromatic carbocycles. The largest absolute Gasteiger partial charge is 0.295 e. The molecule has 0 saturated carbocycles. The minimum Gasteiger partial charge on any atom is -0.295 e. The van der Waals surface area contributed by atoms with Crippen molar-refractivity contribution in [1.82, 2.24) is 0 Å². The molecule has 0 aliphatic heterocycles. The van der Waals surface area contributed by atoms with E-state index in [0.29, 0.717) is 11.3 Å². The molecule has 0 atom stereocenters. The molecule has 23 heavy (non-hydrogen) atoms. The summed E-state index contributed by atoms with van der Waals surface area (Å²) >= 11 is 0. The number of carbonyl (C=O) groups is 2. The number of Topliss-reactive ketones (excluding diaryl/α,β-unsaturated/α-hetero) is 2. The van der Waals surface area contributed by atoms with Crippen molar-refractivity contribution in [3.8, 4) is 11.3 Å². The Balaban J connectivity index is 2.78. The van der Waals surface area contributed by atoms with Gasteiger partial charge in [-0.05, 0) is 19.1 Å². The van der Waals surface area contributed by atoms with Crippen LogP contribution in [0.1, 0.15) is 24.2 Å². The van der Waals surface area contributed by atoms with Crippen molar-refractivity contribution >= 4 is 21.7 Å². The zero-order valence-corrected chi connectivity index (χ0v) is 13.5. The number of nitrogens with zero attached hydrogens (tertiary/aromatic N) is 1. The van der Waals surface area contributed by atoms with Gasteiger partial charge in [0.1, 0.15) is 4.90 Å². The van der Waals surface area contributed by atoms with Gasteiger partial charge in [0.25, 0.3) is 10.1 Å². The number of hydrogen-bond acceptors (Lipinski definition) is 4. The lowest BCUT2D eigenvalue weighted by Gasteiger charge is -2.08. The Bertz CT molecular complexity index is 887. The summed E-state index contributed by atoms with van der Waals surface area (Å²) in [5, 5.41) is 0. The fraction of sp³-hybridized carbons (Fsp3) is 0.188. The lowest BCUT2D eigenvalue weighted by atomic mass is 10.1. The van der Waals surface area contributed by atoms with E-state index in [0.717, 1.165) is 0 Å². The van der Waals surface area contributed by atoms with Crippen molar-refractivity contribution in [2.24, 2.45) is 0 Å². The highest BCUT2D eigenvalue weighted by Crippen LogP contribution is 2.25. The first kappa shape index (κ1) is 17.0. The molecule has 0 bridgehead atoms. The van der Waals surface area contributed by atoms with E-state index < -0.39 is 10.1 Å². The Kier molecular flexibility index (Phi) is 4.72. The first-order chi connectivity index (χ1) is 10.7. The van der Waals surface area contributed by atoms with E-state index in [-0.39, 0.29) is 28.6 Å². The molecule has 120 valence electrons. The van der Waals surface area contributed by atoms with Crippen LogP contribution in [0.15, 0.2) is 47.5 Å². The minimum absolute atomic E-state index is 0.0212. The molecule has 1 heterocycles. The van der Waals surface area contributed by atoms with Crippen LogP contribution in [0, 0.1) is 0 Å². The predicted octanol–water partition coefficient (Wildman–Crippen LogP) is 1.68.